The molecule has 10 heteroatoms. The summed E-state index contributed by atoms with van der Waals surface area (Å²) in [5.41, 5.74) is 2.10. The zero-order chi connectivity index (χ0) is 23.9. The third-order valence-corrected chi connectivity index (χ3v) is 6.22. The van der Waals surface area contributed by atoms with Crippen LogP contribution in [-0.4, -0.2) is 52.0 Å². The summed E-state index contributed by atoms with van der Waals surface area (Å²) in [7, 11) is 1.25. The monoisotopic (exact) mass is 479 g/mol. The zero-order valence-electron chi connectivity index (χ0n) is 18.7. The number of hydrogen-bond donors (Lipinski definition) is 2. The summed E-state index contributed by atoms with van der Waals surface area (Å²) < 4.78 is 6.60. The van der Waals surface area contributed by atoms with Crippen molar-refractivity contribution in [1.82, 2.24) is 20.1 Å². The van der Waals surface area contributed by atoms with Crippen LogP contribution in [0.4, 0.5) is 5.69 Å². The van der Waals surface area contributed by atoms with Crippen molar-refractivity contribution < 1.29 is 19.1 Å². The average molecular weight is 480 g/mol. The Morgan fingerprint density at radius 3 is 2.47 bits per heavy atom. The van der Waals surface area contributed by atoms with Crippen molar-refractivity contribution in [2.75, 3.05) is 24.7 Å². The molecule has 2 amide bonds. The topological polar surface area (TPSA) is 115 Å². The van der Waals surface area contributed by atoms with Crippen LogP contribution in [0.2, 0.25) is 0 Å². The van der Waals surface area contributed by atoms with Gasteiger partial charge in [0.05, 0.1) is 19.4 Å². The molecule has 1 aliphatic rings. The number of esters is 1. The number of methoxy groups -OCH3 is 1. The van der Waals surface area contributed by atoms with E-state index in [4.69, 9.17) is 0 Å². The number of hydrogen-bond acceptors (Lipinski definition) is 7. The molecule has 1 fully saturated rings. The molecule has 3 aromatic rings. The van der Waals surface area contributed by atoms with Crippen LogP contribution in [0.25, 0.3) is 0 Å². The van der Waals surface area contributed by atoms with Gasteiger partial charge in [-0.2, -0.15) is 0 Å². The number of nitrogens with zero attached hydrogens (tertiary/aromatic N) is 3. The van der Waals surface area contributed by atoms with E-state index in [-0.39, 0.29) is 18.2 Å². The Morgan fingerprint density at radius 1 is 1.06 bits per heavy atom. The first-order valence-corrected chi connectivity index (χ1v) is 11.9. The second-order valence-electron chi connectivity index (χ2n) is 7.86. The van der Waals surface area contributed by atoms with E-state index >= 15 is 0 Å². The van der Waals surface area contributed by atoms with Crippen LogP contribution in [0.3, 0.4) is 0 Å². The minimum absolute atomic E-state index is 0.180. The highest BCUT2D eigenvalue weighted by molar-refractivity contribution is 7.99. The molecule has 2 aromatic carbocycles. The van der Waals surface area contributed by atoms with Crippen molar-refractivity contribution in [1.29, 1.82) is 0 Å². The highest BCUT2D eigenvalue weighted by Gasteiger charge is 2.30. The fourth-order valence-corrected chi connectivity index (χ4v) is 4.07. The summed E-state index contributed by atoms with van der Waals surface area (Å²) in [6, 6.07) is 16.6. The maximum Gasteiger partial charge on any atom is 0.325 e. The summed E-state index contributed by atoms with van der Waals surface area (Å²) >= 11 is 1.35. The Balaban J connectivity index is 1.33. The second-order valence-corrected chi connectivity index (χ2v) is 8.80. The number of carbonyl (C=O) groups excluding carboxylic acids is 3. The molecule has 2 N–H and O–H groups in total. The molecule has 0 atom stereocenters. The molecule has 1 saturated carbocycles. The first kappa shape index (κ1) is 23.5. The number of aromatic nitrogens is 3. The highest BCUT2D eigenvalue weighted by atomic mass is 32.2. The fourth-order valence-electron chi connectivity index (χ4n) is 3.32. The molecule has 4 rings (SSSR count). The van der Waals surface area contributed by atoms with E-state index in [0.717, 1.165) is 29.4 Å². The molecule has 0 bridgehead atoms. The van der Waals surface area contributed by atoms with E-state index in [1.54, 1.807) is 24.3 Å². The van der Waals surface area contributed by atoms with Crippen LogP contribution in [-0.2, 0) is 20.9 Å². The lowest BCUT2D eigenvalue weighted by Crippen LogP contribution is -2.30. The van der Waals surface area contributed by atoms with Gasteiger partial charge in [-0.15, -0.1) is 10.2 Å². The van der Waals surface area contributed by atoms with Crippen LogP contribution in [0.5, 0.6) is 0 Å². The lowest BCUT2D eigenvalue weighted by atomic mass is 10.2. The molecule has 1 heterocycles. The van der Waals surface area contributed by atoms with Gasteiger partial charge in [-0.25, -0.2) is 0 Å². The lowest BCUT2D eigenvalue weighted by molar-refractivity contribution is -0.139. The lowest BCUT2D eigenvalue weighted by Gasteiger charge is -2.10. The van der Waals surface area contributed by atoms with Crippen LogP contribution >= 0.6 is 11.8 Å². The molecule has 0 saturated heterocycles. The number of thioether (sulfide) groups is 1. The van der Waals surface area contributed by atoms with Crippen molar-refractivity contribution in [3.8, 4) is 0 Å². The Labute approximate surface area is 201 Å². The van der Waals surface area contributed by atoms with Crippen molar-refractivity contribution in [3.63, 3.8) is 0 Å². The van der Waals surface area contributed by atoms with Crippen LogP contribution in [0.1, 0.15) is 40.5 Å². The van der Waals surface area contributed by atoms with Gasteiger partial charge >= 0.3 is 5.97 Å². The van der Waals surface area contributed by atoms with Gasteiger partial charge < -0.3 is 19.9 Å². The number of amides is 2. The van der Waals surface area contributed by atoms with Crippen LogP contribution < -0.4 is 10.6 Å². The normalized spacial score (nSPS) is 12.7. The fraction of sp³-hybridized carbons (Fsp3) is 0.292. The maximum atomic E-state index is 12.5. The van der Waals surface area contributed by atoms with Gasteiger partial charge in [-0.05, 0) is 42.7 Å². The molecule has 34 heavy (non-hydrogen) atoms. The molecule has 0 aliphatic heterocycles. The molecular weight excluding hydrogens is 454 g/mol. The summed E-state index contributed by atoms with van der Waals surface area (Å²) in [5, 5.41) is 14.7. The number of anilines is 1. The minimum Gasteiger partial charge on any atom is -0.468 e. The highest BCUT2D eigenvalue weighted by Crippen LogP contribution is 2.40. The summed E-state index contributed by atoms with van der Waals surface area (Å²) in [4.78, 5) is 35.7. The summed E-state index contributed by atoms with van der Waals surface area (Å²) in [5.74, 6) is 0.492. The number of ether oxygens (including phenoxy) is 1. The predicted octanol–water partition coefficient (Wildman–Crippen LogP) is 2.84. The van der Waals surface area contributed by atoms with Gasteiger partial charge in [0.2, 0.25) is 5.91 Å². The first-order chi connectivity index (χ1) is 16.5. The Kier molecular flexibility index (Phi) is 7.58. The predicted molar refractivity (Wildman–Crippen MR) is 128 cm³/mol. The Hall–Kier alpha value is -3.66. The molecule has 1 aromatic heterocycles. The third-order valence-electron chi connectivity index (χ3n) is 5.26. The molecular formula is C24H25N5O4S. The Morgan fingerprint density at radius 2 is 1.79 bits per heavy atom. The summed E-state index contributed by atoms with van der Waals surface area (Å²) in [6.45, 7) is 0.464. The molecule has 0 unspecified atom stereocenters. The summed E-state index contributed by atoms with van der Waals surface area (Å²) in [6.07, 6.45) is 2.24. The van der Waals surface area contributed by atoms with E-state index in [0.29, 0.717) is 23.7 Å². The van der Waals surface area contributed by atoms with Crippen molar-refractivity contribution in [2.45, 2.75) is 30.5 Å². The zero-order valence-corrected chi connectivity index (χ0v) is 19.5. The largest absolute Gasteiger partial charge is 0.468 e. The molecule has 0 radical (unpaired) electrons. The van der Waals surface area contributed by atoms with Gasteiger partial charge in [0, 0.05) is 17.2 Å². The van der Waals surface area contributed by atoms with Gasteiger partial charge in [0.25, 0.3) is 5.91 Å². The van der Waals surface area contributed by atoms with Gasteiger partial charge in [-0.3, -0.25) is 14.4 Å². The number of nitrogens with one attached hydrogen (secondary N) is 2. The van der Waals surface area contributed by atoms with Crippen molar-refractivity contribution >= 4 is 35.2 Å². The Bertz CT molecular complexity index is 1160. The molecule has 0 spiro atoms. The molecule has 9 nitrogen and oxygen atoms in total. The smallest absolute Gasteiger partial charge is 0.325 e. The van der Waals surface area contributed by atoms with Crippen molar-refractivity contribution in [2.24, 2.45) is 0 Å². The minimum atomic E-state index is -0.529. The van der Waals surface area contributed by atoms with Crippen LogP contribution in [0, 0.1) is 0 Å². The second kappa shape index (κ2) is 11.0. The molecule has 1 aliphatic carbocycles. The van der Waals surface area contributed by atoms with Gasteiger partial charge in [-0.1, -0.05) is 42.1 Å². The van der Waals surface area contributed by atoms with E-state index in [9.17, 15) is 14.4 Å². The first-order valence-electron chi connectivity index (χ1n) is 10.9. The van der Waals surface area contributed by atoms with Gasteiger partial charge in [0.1, 0.15) is 12.4 Å². The molecule has 176 valence electrons. The van der Waals surface area contributed by atoms with Crippen LogP contribution in [0.15, 0.2) is 59.8 Å². The van der Waals surface area contributed by atoms with E-state index in [2.05, 4.69) is 42.3 Å². The number of rotatable bonds is 10. The quantitative estimate of drug-likeness (QED) is 0.339. The number of benzene rings is 2. The van der Waals surface area contributed by atoms with Gasteiger partial charge in [0.15, 0.2) is 5.16 Å². The third kappa shape index (κ3) is 6.22. The number of carbonyl (C=O) groups is 3. The van der Waals surface area contributed by atoms with E-state index in [1.807, 2.05) is 18.2 Å². The maximum absolute atomic E-state index is 12.5. The van der Waals surface area contributed by atoms with E-state index < -0.39 is 11.9 Å². The average Bonchev–Trinajstić information content (AvgIpc) is 3.63. The SMILES string of the molecule is COC(=O)CNC(=O)c1ccc(NC(=O)CSc2nnc(C3CC3)n2Cc2ccccc2)cc1. The van der Waals surface area contributed by atoms with Crippen molar-refractivity contribution in [3.05, 3.63) is 71.5 Å². The van der Waals surface area contributed by atoms with E-state index in [1.165, 1.54) is 18.9 Å². The standard InChI is InChI=1S/C24H25N5O4S/c1-33-21(31)13-25-23(32)18-9-11-19(12-10-18)26-20(30)15-34-24-28-27-22(17-7-8-17)29(24)14-16-5-3-2-4-6-16/h2-6,9-12,17H,7-8,13-15H2,1H3,(H,25,32)(H,26,30).